The molecule has 1 amide bonds. The number of nitrogens with zero attached hydrogens (tertiary/aromatic N) is 2. The Morgan fingerprint density at radius 3 is 2.65 bits per heavy atom. The van der Waals surface area contributed by atoms with Crippen LogP contribution in [0.15, 0.2) is 80.7 Å². The number of fused-ring (bicyclic) bond motifs is 1. The topological polar surface area (TPSA) is 76.7 Å². The molecule has 156 valence electrons. The second-order valence-corrected chi connectivity index (χ2v) is 7.78. The number of nitrogens with one attached hydrogen (secondary N) is 1. The van der Waals surface area contributed by atoms with Gasteiger partial charge in [-0.25, -0.2) is 9.98 Å². The Morgan fingerprint density at radius 2 is 1.94 bits per heavy atom. The van der Waals surface area contributed by atoms with E-state index in [0.29, 0.717) is 29.3 Å². The lowest BCUT2D eigenvalue weighted by atomic mass is 10.1. The lowest BCUT2D eigenvalue weighted by Crippen LogP contribution is -2.22. The van der Waals surface area contributed by atoms with Crippen molar-refractivity contribution in [3.8, 4) is 5.75 Å². The van der Waals surface area contributed by atoms with E-state index in [9.17, 15) is 4.79 Å². The first kappa shape index (κ1) is 20.8. The molecule has 2 aromatic carbocycles. The zero-order valence-corrected chi connectivity index (χ0v) is 18.6. The molecule has 0 aliphatic rings. The monoisotopic (exact) mass is 477 g/mol. The fourth-order valence-corrected chi connectivity index (χ4v) is 3.35. The van der Waals surface area contributed by atoms with Crippen LogP contribution in [0.5, 0.6) is 5.75 Å². The van der Waals surface area contributed by atoms with E-state index in [0.717, 1.165) is 21.2 Å². The second-order valence-electron chi connectivity index (χ2n) is 6.86. The van der Waals surface area contributed by atoms with Gasteiger partial charge in [0.2, 0.25) is 5.55 Å². The Morgan fingerprint density at radius 1 is 1.13 bits per heavy atom. The van der Waals surface area contributed by atoms with Crippen LogP contribution < -0.4 is 15.6 Å². The second kappa shape index (κ2) is 9.14. The van der Waals surface area contributed by atoms with Gasteiger partial charge in [0.25, 0.3) is 5.91 Å². The molecule has 2 heterocycles. The Bertz CT molecular complexity index is 1300. The van der Waals surface area contributed by atoms with Crippen LogP contribution in [0.3, 0.4) is 0 Å². The predicted molar refractivity (Wildman–Crippen MR) is 124 cm³/mol. The fourth-order valence-electron chi connectivity index (χ4n) is 2.97. The van der Waals surface area contributed by atoms with Crippen LogP contribution in [0, 0.1) is 6.92 Å². The molecule has 0 saturated carbocycles. The van der Waals surface area contributed by atoms with Crippen LogP contribution in [0.4, 0.5) is 11.5 Å². The molecule has 0 aliphatic carbocycles. The van der Waals surface area contributed by atoms with E-state index in [1.165, 1.54) is 0 Å². The number of benzene rings is 2. The third-order valence-electron chi connectivity index (χ3n) is 4.48. The summed E-state index contributed by atoms with van der Waals surface area (Å²) in [6.07, 6.45) is 1.70. The molecule has 0 spiro atoms. The number of hydrogen-bond donors (Lipinski definition) is 1. The zero-order chi connectivity index (χ0) is 21.8. The maximum absolute atomic E-state index is 13.1. The van der Waals surface area contributed by atoms with Gasteiger partial charge in [0.15, 0.2) is 0 Å². The van der Waals surface area contributed by atoms with Crippen molar-refractivity contribution in [2.24, 2.45) is 4.99 Å². The first-order chi connectivity index (χ1) is 15.0. The van der Waals surface area contributed by atoms with Gasteiger partial charge in [0.1, 0.15) is 22.7 Å². The van der Waals surface area contributed by atoms with E-state index >= 15 is 0 Å². The molecule has 1 N–H and O–H groups in total. The summed E-state index contributed by atoms with van der Waals surface area (Å²) in [6, 6.07) is 18.3. The first-order valence-electron chi connectivity index (χ1n) is 9.77. The SMILES string of the molecule is CCOc1ccc(N=c2oc3ccc(Br)cc3cc2C(=O)Nc2ccc(C)cn2)cc1. The van der Waals surface area contributed by atoms with Crippen molar-refractivity contribution in [2.45, 2.75) is 13.8 Å². The normalized spacial score (nSPS) is 11.5. The molecule has 7 heteroatoms. The lowest BCUT2D eigenvalue weighted by molar-refractivity contribution is 0.102. The van der Waals surface area contributed by atoms with Crippen molar-refractivity contribution in [2.75, 3.05) is 11.9 Å². The van der Waals surface area contributed by atoms with Gasteiger partial charge in [-0.1, -0.05) is 22.0 Å². The number of halogens is 1. The number of rotatable bonds is 5. The molecule has 6 nitrogen and oxygen atoms in total. The predicted octanol–water partition coefficient (Wildman–Crippen LogP) is 5.78. The van der Waals surface area contributed by atoms with Crippen LogP contribution >= 0.6 is 15.9 Å². The molecule has 4 aromatic rings. The van der Waals surface area contributed by atoms with Crippen molar-refractivity contribution in [3.63, 3.8) is 0 Å². The van der Waals surface area contributed by atoms with Crippen molar-refractivity contribution < 1.29 is 13.9 Å². The smallest absolute Gasteiger partial charge is 0.262 e. The molecule has 4 rings (SSSR count). The summed E-state index contributed by atoms with van der Waals surface area (Å²) in [4.78, 5) is 21.9. The zero-order valence-electron chi connectivity index (χ0n) is 17.1. The molecule has 0 bridgehead atoms. The summed E-state index contributed by atoms with van der Waals surface area (Å²) in [5.41, 5.74) is 2.80. The Hall–Kier alpha value is -3.45. The molecular formula is C24H20BrN3O3. The number of aromatic nitrogens is 1. The number of amides is 1. The summed E-state index contributed by atoms with van der Waals surface area (Å²) < 4.78 is 12.4. The summed E-state index contributed by atoms with van der Waals surface area (Å²) >= 11 is 3.46. The third kappa shape index (κ3) is 5.00. The minimum Gasteiger partial charge on any atom is -0.494 e. The number of ether oxygens (including phenoxy) is 1. The molecule has 31 heavy (non-hydrogen) atoms. The largest absolute Gasteiger partial charge is 0.494 e. The van der Waals surface area contributed by atoms with Crippen LogP contribution in [0.25, 0.3) is 11.0 Å². The number of aryl methyl sites for hydroxylation is 1. The Labute approximate surface area is 187 Å². The standard InChI is InChI=1S/C24H20BrN3O3/c1-3-30-19-8-6-18(7-9-19)27-24-20(13-16-12-17(25)5-10-21(16)31-24)23(29)28-22-11-4-15(2)14-26-22/h4-14H,3H2,1-2H3,(H,26,28,29). The van der Waals surface area contributed by atoms with Crippen LogP contribution in [-0.2, 0) is 0 Å². The average Bonchev–Trinajstić information content (AvgIpc) is 2.76. The molecule has 0 unspecified atom stereocenters. The van der Waals surface area contributed by atoms with Crippen molar-refractivity contribution in [1.29, 1.82) is 0 Å². The highest BCUT2D eigenvalue weighted by atomic mass is 79.9. The van der Waals surface area contributed by atoms with Gasteiger partial charge in [0.05, 0.1) is 12.3 Å². The van der Waals surface area contributed by atoms with E-state index in [1.54, 1.807) is 18.3 Å². The van der Waals surface area contributed by atoms with Gasteiger partial charge in [-0.3, -0.25) is 4.79 Å². The van der Waals surface area contributed by atoms with E-state index in [4.69, 9.17) is 9.15 Å². The van der Waals surface area contributed by atoms with Crippen LogP contribution in [0.2, 0.25) is 0 Å². The summed E-state index contributed by atoms with van der Waals surface area (Å²) in [7, 11) is 0. The number of hydrogen-bond acceptors (Lipinski definition) is 5. The number of carbonyl (C=O) groups excluding carboxylic acids is 1. The fraction of sp³-hybridized carbons (Fsp3) is 0.125. The highest BCUT2D eigenvalue weighted by molar-refractivity contribution is 9.10. The van der Waals surface area contributed by atoms with Gasteiger partial charge in [-0.05, 0) is 74.0 Å². The lowest BCUT2D eigenvalue weighted by Gasteiger charge is -2.07. The number of carbonyl (C=O) groups is 1. The average molecular weight is 478 g/mol. The molecule has 0 atom stereocenters. The quantitative estimate of drug-likeness (QED) is 0.395. The molecule has 0 saturated heterocycles. The van der Waals surface area contributed by atoms with E-state index in [-0.39, 0.29) is 11.5 Å². The minimum atomic E-state index is -0.355. The minimum absolute atomic E-state index is 0.212. The Balaban J connectivity index is 1.79. The molecule has 0 radical (unpaired) electrons. The summed E-state index contributed by atoms with van der Waals surface area (Å²) in [6.45, 7) is 4.45. The number of pyridine rings is 1. The van der Waals surface area contributed by atoms with E-state index in [2.05, 4.69) is 31.2 Å². The van der Waals surface area contributed by atoms with E-state index in [1.807, 2.05) is 62.4 Å². The molecule has 2 aromatic heterocycles. The third-order valence-corrected chi connectivity index (χ3v) is 4.98. The van der Waals surface area contributed by atoms with Crippen LogP contribution in [-0.4, -0.2) is 17.5 Å². The Kier molecular flexibility index (Phi) is 6.13. The van der Waals surface area contributed by atoms with Gasteiger partial charge in [0, 0.05) is 16.1 Å². The maximum atomic E-state index is 13.1. The highest BCUT2D eigenvalue weighted by Crippen LogP contribution is 2.21. The summed E-state index contributed by atoms with van der Waals surface area (Å²) in [5.74, 6) is 0.855. The summed E-state index contributed by atoms with van der Waals surface area (Å²) in [5, 5.41) is 3.59. The molecular weight excluding hydrogens is 458 g/mol. The van der Waals surface area contributed by atoms with E-state index < -0.39 is 0 Å². The number of anilines is 1. The van der Waals surface area contributed by atoms with Crippen molar-refractivity contribution >= 4 is 44.3 Å². The van der Waals surface area contributed by atoms with Crippen molar-refractivity contribution in [1.82, 2.24) is 4.98 Å². The van der Waals surface area contributed by atoms with Gasteiger partial charge < -0.3 is 14.5 Å². The first-order valence-corrected chi connectivity index (χ1v) is 10.6. The molecule has 0 aliphatic heterocycles. The van der Waals surface area contributed by atoms with Gasteiger partial charge in [-0.2, -0.15) is 0 Å². The van der Waals surface area contributed by atoms with Crippen molar-refractivity contribution in [3.05, 3.63) is 88.0 Å². The highest BCUT2D eigenvalue weighted by Gasteiger charge is 2.14. The van der Waals surface area contributed by atoms with Gasteiger partial charge in [-0.15, -0.1) is 0 Å². The maximum Gasteiger partial charge on any atom is 0.262 e. The molecule has 0 fully saturated rings. The van der Waals surface area contributed by atoms with Gasteiger partial charge >= 0.3 is 0 Å². The van der Waals surface area contributed by atoms with Crippen LogP contribution in [0.1, 0.15) is 22.8 Å².